The molecule has 2 aliphatic heterocycles. The van der Waals surface area contributed by atoms with E-state index in [-0.39, 0.29) is 18.1 Å². The Hall–Kier alpha value is -2.34. The van der Waals surface area contributed by atoms with Gasteiger partial charge in [-0.2, -0.15) is 0 Å². The zero-order valence-corrected chi connectivity index (χ0v) is 19.2. The number of benzene rings is 1. The van der Waals surface area contributed by atoms with Crippen molar-refractivity contribution in [3.63, 3.8) is 0 Å². The van der Waals surface area contributed by atoms with Gasteiger partial charge in [0.25, 0.3) is 5.91 Å². The number of hydrogen-bond acceptors (Lipinski definition) is 5. The smallest absolute Gasteiger partial charge is 0.339 e. The minimum atomic E-state index is -0.328. The normalized spacial score (nSPS) is 21.7. The van der Waals surface area contributed by atoms with E-state index < -0.39 is 0 Å². The van der Waals surface area contributed by atoms with Gasteiger partial charge in [-0.15, -0.1) is 0 Å². The van der Waals surface area contributed by atoms with E-state index in [0.29, 0.717) is 28.9 Å². The van der Waals surface area contributed by atoms with Gasteiger partial charge in [-0.05, 0) is 83.2 Å². The van der Waals surface area contributed by atoms with E-state index in [4.69, 9.17) is 9.15 Å². The van der Waals surface area contributed by atoms with Gasteiger partial charge in [0.1, 0.15) is 11.3 Å². The van der Waals surface area contributed by atoms with Gasteiger partial charge in [-0.25, -0.2) is 4.79 Å². The Morgan fingerprint density at radius 1 is 1.10 bits per heavy atom. The molecule has 2 saturated heterocycles. The average Bonchev–Trinajstić information content (AvgIpc) is 2.77. The maximum atomic E-state index is 12.8. The van der Waals surface area contributed by atoms with Gasteiger partial charge in [0.15, 0.2) is 6.61 Å². The number of piperidine rings is 2. The van der Waals surface area contributed by atoms with Crippen LogP contribution in [-0.2, 0) is 4.79 Å². The second-order valence-corrected chi connectivity index (χ2v) is 9.27. The molecule has 0 radical (unpaired) electrons. The first-order valence-electron chi connectivity index (χ1n) is 11.5. The molecule has 6 heteroatoms. The summed E-state index contributed by atoms with van der Waals surface area (Å²) in [5, 5.41) is 0.903. The topological polar surface area (TPSA) is 63.0 Å². The Bertz CT molecular complexity index is 1030. The van der Waals surface area contributed by atoms with Gasteiger partial charge in [-0.1, -0.05) is 6.42 Å². The van der Waals surface area contributed by atoms with Crippen molar-refractivity contribution in [1.82, 2.24) is 9.80 Å². The number of amides is 1. The highest BCUT2D eigenvalue weighted by atomic mass is 16.5. The van der Waals surface area contributed by atoms with E-state index >= 15 is 0 Å². The molecule has 1 amide bonds. The molecule has 1 aromatic carbocycles. The third-order valence-corrected chi connectivity index (χ3v) is 7.34. The maximum Gasteiger partial charge on any atom is 0.339 e. The quantitative estimate of drug-likeness (QED) is 0.680. The minimum absolute atomic E-state index is 0.0149. The van der Waals surface area contributed by atoms with Crippen LogP contribution in [0.5, 0.6) is 5.75 Å². The van der Waals surface area contributed by atoms with Crippen LogP contribution in [0.3, 0.4) is 0 Å². The standard InChI is InChI=1S/C25H34N2O4/c1-16-17(2)25(29)31-24-18(3)22(11-10-20(16)24)30-15-23(28)26(4)14-19-8-7-13-27-12-6-5-9-21(19)27/h10-11,19,21H,5-9,12-15H2,1-4H3. The first kappa shape index (κ1) is 21.9. The highest BCUT2D eigenvalue weighted by Crippen LogP contribution is 2.32. The van der Waals surface area contributed by atoms with Crippen LogP contribution in [0.25, 0.3) is 11.0 Å². The predicted molar refractivity (Wildman–Crippen MR) is 122 cm³/mol. The minimum Gasteiger partial charge on any atom is -0.483 e. The number of nitrogens with zero attached hydrogens (tertiary/aromatic N) is 2. The van der Waals surface area contributed by atoms with E-state index in [1.165, 1.54) is 45.2 Å². The number of carbonyl (C=O) groups excluding carboxylic acids is 1. The van der Waals surface area contributed by atoms with Crippen LogP contribution in [-0.4, -0.2) is 55.0 Å². The molecule has 2 atom stereocenters. The van der Waals surface area contributed by atoms with Gasteiger partial charge in [0.05, 0.1) is 0 Å². The molecule has 2 fully saturated rings. The second kappa shape index (κ2) is 9.03. The predicted octanol–water partition coefficient (Wildman–Crippen LogP) is 3.82. The zero-order chi connectivity index (χ0) is 22.1. The van der Waals surface area contributed by atoms with Gasteiger partial charge in [0.2, 0.25) is 0 Å². The van der Waals surface area contributed by atoms with Crippen molar-refractivity contribution >= 4 is 16.9 Å². The van der Waals surface area contributed by atoms with E-state index in [1.807, 2.05) is 37.9 Å². The summed E-state index contributed by atoms with van der Waals surface area (Å²) >= 11 is 0. The lowest BCUT2D eigenvalue weighted by Gasteiger charge is -2.45. The first-order valence-corrected chi connectivity index (χ1v) is 11.5. The van der Waals surface area contributed by atoms with E-state index in [0.717, 1.165) is 23.1 Å². The Morgan fingerprint density at radius 2 is 1.87 bits per heavy atom. The lowest BCUT2D eigenvalue weighted by molar-refractivity contribution is -0.133. The molecule has 1 aromatic heterocycles. The fraction of sp³-hybridized carbons (Fsp3) is 0.600. The molecule has 2 unspecified atom stereocenters. The van der Waals surface area contributed by atoms with Gasteiger partial charge in [0, 0.05) is 36.1 Å². The second-order valence-electron chi connectivity index (χ2n) is 9.27. The van der Waals surface area contributed by atoms with Gasteiger partial charge in [-0.3, -0.25) is 4.79 Å². The molecule has 0 spiro atoms. The van der Waals surface area contributed by atoms with Crippen LogP contribution in [0.4, 0.5) is 0 Å². The Labute approximate surface area is 184 Å². The lowest BCUT2D eigenvalue weighted by Crippen LogP contribution is -2.51. The summed E-state index contributed by atoms with van der Waals surface area (Å²) < 4.78 is 11.4. The average molecular weight is 427 g/mol. The van der Waals surface area contributed by atoms with Crippen LogP contribution in [0.15, 0.2) is 21.3 Å². The van der Waals surface area contributed by atoms with Crippen molar-refractivity contribution in [3.8, 4) is 5.75 Å². The highest BCUT2D eigenvalue weighted by molar-refractivity contribution is 5.85. The Morgan fingerprint density at radius 3 is 2.68 bits per heavy atom. The molecular formula is C25H34N2O4. The van der Waals surface area contributed by atoms with E-state index in [9.17, 15) is 9.59 Å². The summed E-state index contributed by atoms with van der Waals surface area (Å²) in [4.78, 5) is 29.3. The van der Waals surface area contributed by atoms with Gasteiger partial charge >= 0.3 is 5.63 Å². The van der Waals surface area contributed by atoms with Crippen LogP contribution < -0.4 is 10.4 Å². The van der Waals surface area contributed by atoms with Crippen LogP contribution in [0.2, 0.25) is 0 Å². The molecule has 2 aromatic rings. The third-order valence-electron chi connectivity index (χ3n) is 7.34. The number of rotatable bonds is 5. The number of carbonyl (C=O) groups is 1. The number of aryl methyl sites for hydroxylation is 2. The highest BCUT2D eigenvalue weighted by Gasteiger charge is 2.34. The maximum absolute atomic E-state index is 12.8. The van der Waals surface area contributed by atoms with Crippen LogP contribution >= 0.6 is 0 Å². The molecule has 168 valence electrons. The third kappa shape index (κ3) is 4.36. The molecule has 6 nitrogen and oxygen atoms in total. The summed E-state index contributed by atoms with van der Waals surface area (Å²) in [5.74, 6) is 1.11. The van der Waals surface area contributed by atoms with Crippen molar-refractivity contribution in [2.75, 3.05) is 33.3 Å². The lowest BCUT2D eigenvalue weighted by atomic mass is 9.83. The molecule has 31 heavy (non-hydrogen) atoms. The van der Waals surface area contributed by atoms with Crippen molar-refractivity contribution in [1.29, 1.82) is 0 Å². The monoisotopic (exact) mass is 426 g/mol. The van der Waals surface area contributed by atoms with Crippen LogP contribution in [0, 0.1) is 26.7 Å². The molecule has 0 aliphatic carbocycles. The fourth-order valence-corrected chi connectivity index (χ4v) is 5.27. The number of fused-ring (bicyclic) bond motifs is 2. The molecule has 4 rings (SSSR count). The van der Waals surface area contributed by atoms with Crippen molar-refractivity contribution in [3.05, 3.63) is 39.2 Å². The number of likely N-dealkylation sites (N-methyl/N-ethyl adjacent to an activating group) is 1. The summed E-state index contributed by atoms with van der Waals surface area (Å²) in [5.41, 5.74) is 2.49. The summed E-state index contributed by atoms with van der Waals surface area (Å²) in [6.07, 6.45) is 6.27. The molecule has 0 saturated carbocycles. The molecule has 3 heterocycles. The summed E-state index contributed by atoms with van der Waals surface area (Å²) in [6.45, 7) is 8.74. The van der Waals surface area contributed by atoms with Crippen molar-refractivity contribution in [2.24, 2.45) is 5.92 Å². The fourth-order valence-electron chi connectivity index (χ4n) is 5.27. The van der Waals surface area contributed by atoms with Crippen molar-refractivity contribution < 1.29 is 13.9 Å². The van der Waals surface area contributed by atoms with Crippen LogP contribution in [0.1, 0.15) is 48.8 Å². The zero-order valence-electron chi connectivity index (χ0n) is 19.2. The molecule has 2 aliphatic rings. The SMILES string of the molecule is Cc1c(C)c2ccc(OCC(=O)N(C)CC3CCCN4CCCCC34)c(C)c2oc1=O. The largest absolute Gasteiger partial charge is 0.483 e. The van der Waals surface area contributed by atoms with E-state index in [1.54, 1.807) is 6.92 Å². The van der Waals surface area contributed by atoms with Crippen molar-refractivity contribution in [2.45, 2.75) is 58.9 Å². The Kier molecular flexibility index (Phi) is 6.37. The van der Waals surface area contributed by atoms with Gasteiger partial charge < -0.3 is 19.0 Å². The molecule has 0 bridgehead atoms. The summed E-state index contributed by atoms with van der Waals surface area (Å²) in [6, 6.07) is 4.38. The number of ether oxygens (including phenoxy) is 1. The number of hydrogen-bond donors (Lipinski definition) is 0. The Balaban J connectivity index is 1.41. The summed E-state index contributed by atoms with van der Waals surface area (Å²) in [7, 11) is 1.88. The molecule has 0 N–H and O–H groups in total. The van der Waals surface area contributed by atoms with E-state index in [2.05, 4.69) is 4.90 Å². The first-order chi connectivity index (χ1) is 14.9. The molecular weight excluding hydrogens is 392 g/mol.